The minimum Gasteiger partial charge on any atom is -0.352 e. The third kappa shape index (κ3) is 3.64. The van der Waals surface area contributed by atoms with Crippen molar-refractivity contribution in [3.05, 3.63) is 53.6 Å². The van der Waals surface area contributed by atoms with Gasteiger partial charge in [-0.05, 0) is 43.7 Å². The number of aryl methyl sites for hydroxylation is 2. The summed E-state index contributed by atoms with van der Waals surface area (Å²) < 4.78 is 14.6. The van der Waals surface area contributed by atoms with E-state index in [4.69, 9.17) is 0 Å². The van der Waals surface area contributed by atoms with Crippen molar-refractivity contribution in [2.75, 3.05) is 6.54 Å². The average Bonchev–Trinajstić information content (AvgIpc) is 2.81. The second-order valence-corrected chi connectivity index (χ2v) is 4.31. The lowest BCUT2D eigenvalue weighted by molar-refractivity contribution is 0.0952. The van der Waals surface area contributed by atoms with Crippen molar-refractivity contribution in [1.29, 1.82) is 0 Å². The maximum atomic E-state index is 12.7. The highest BCUT2D eigenvalue weighted by atomic mass is 19.1. The Morgan fingerprint density at radius 3 is 2.68 bits per heavy atom. The van der Waals surface area contributed by atoms with E-state index in [9.17, 15) is 9.18 Å². The van der Waals surface area contributed by atoms with Crippen LogP contribution >= 0.6 is 0 Å². The van der Waals surface area contributed by atoms with Crippen LogP contribution in [-0.2, 0) is 6.54 Å². The monoisotopic (exact) mass is 261 g/mol. The number of carbonyl (C=O) groups is 1. The smallest absolute Gasteiger partial charge is 0.251 e. The molecule has 1 amide bonds. The number of nitrogens with zero attached hydrogens (tertiary/aromatic N) is 2. The SMILES string of the molecule is Cc1ccnn1CCCNC(=O)c1ccc(F)cc1. The van der Waals surface area contributed by atoms with Crippen molar-refractivity contribution >= 4 is 5.91 Å². The number of hydrogen-bond acceptors (Lipinski definition) is 2. The van der Waals surface area contributed by atoms with Crippen molar-refractivity contribution in [3.63, 3.8) is 0 Å². The number of benzene rings is 1. The molecule has 1 heterocycles. The molecule has 0 fully saturated rings. The highest BCUT2D eigenvalue weighted by molar-refractivity contribution is 5.94. The van der Waals surface area contributed by atoms with Gasteiger partial charge in [0.15, 0.2) is 0 Å². The van der Waals surface area contributed by atoms with E-state index in [1.807, 2.05) is 17.7 Å². The van der Waals surface area contributed by atoms with Crippen molar-refractivity contribution in [2.24, 2.45) is 0 Å². The van der Waals surface area contributed by atoms with Gasteiger partial charge >= 0.3 is 0 Å². The molecular weight excluding hydrogens is 245 g/mol. The Balaban J connectivity index is 1.75. The van der Waals surface area contributed by atoms with Crippen LogP contribution in [0.15, 0.2) is 36.5 Å². The van der Waals surface area contributed by atoms with Crippen LogP contribution < -0.4 is 5.32 Å². The molecule has 5 heteroatoms. The fraction of sp³-hybridized carbons (Fsp3) is 0.286. The Kier molecular flexibility index (Phi) is 4.28. The van der Waals surface area contributed by atoms with Gasteiger partial charge in [0, 0.05) is 30.5 Å². The number of aromatic nitrogens is 2. The molecule has 1 aromatic carbocycles. The van der Waals surface area contributed by atoms with Gasteiger partial charge in [0.1, 0.15) is 5.82 Å². The number of halogens is 1. The van der Waals surface area contributed by atoms with Crippen molar-refractivity contribution < 1.29 is 9.18 Å². The van der Waals surface area contributed by atoms with Crippen LogP contribution in [0.25, 0.3) is 0 Å². The first-order valence-corrected chi connectivity index (χ1v) is 6.19. The standard InChI is InChI=1S/C14H16FN3O/c1-11-7-9-17-18(11)10-2-8-16-14(19)12-3-5-13(15)6-4-12/h3-7,9H,2,8,10H2,1H3,(H,16,19). The van der Waals surface area contributed by atoms with Gasteiger partial charge in [-0.1, -0.05) is 0 Å². The molecule has 2 rings (SSSR count). The highest BCUT2D eigenvalue weighted by Crippen LogP contribution is 2.02. The Bertz CT molecular complexity index is 548. The normalized spacial score (nSPS) is 10.4. The van der Waals surface area contributed by atoms with E-state index in [0.29, 0.717) is 12.1 Å². The summed E-state index contributed by atoms with van der Waals surface area (Å²) in [6.45, 7) is 3.32. The molecule has 19 heavy (non-hydrogen) atoms. The van der Waals surface area contributed by atoms with Crippen molar-refractivity contribution in [1.82, 2.24) is 15.1 Å². The third-order valence-electron chi connectivity index (χ3n) is 2.87. The Morgan fingerprint density at radius 2 is 2.05 bits per heavy atom. The van der Waals surface area contributed by atoms with Gasteiger partial charge in [0.05, 0.1) is 0 Å². The summed E-state index contributed by atoms with van der Waals surface area (Å²) in [7, 11) is 0. The largest absolute Gasteiger partial charge is 0.352 e. The van der Waals surface area contributed by atoms with E-state index in [-0.39, 0.29) is 11.7 Å². The molecule has 2 aromatic rings. The number of amides is 1. The van der Waals surface area contributed by atoms with E-state index in [1.54, 1.807) is 6.20 Å². The van der Waals surface area contributed by atoms with Crippen LogP contribution in [0.2, 0.25) is 0 Å². The third-order valence-corrected chi connectivity index (χ3v) is 2.87. The molecule has 1 N–H and O–H groups in total. The number of hydrogen-bond donors (Lipinski definition) is 1. The van der Waals surface area contributed by atoms with Gasteiger partial charge in [0.2, 0.25) is 0 Å². The average molecular weight is 261 g/mol. The molecule has 0 atom stereocenters. The van der Waals surface area contributed by atoms with Crippen molar-refractivity contribution in [3.8, 4) is 0 Å². The molecule has 0 unspecified atom stereocenters. The predicted octanol–water partition coefficient (Wildman–Crippen LogP) is 2.15. The molecule has 0 saturated heterocycles. The maximum absolute atomic E-state index is 12.7. The zero-order chi connectivity index (χ0) is 13.7. The quantitative estimate of drug-likeness (QED) is 0.838. The van der Waals surface area contributed by atoms with Crippen LogP contribution in [0.3, 0.4) is 0 Å². The topological polar surface area (TPSA) is 46.9 Å². The minimum absolute atomic E-state index is 0.183. The van der Waals surface area contributed by atoms with Crippen LogP contribution in [0, 0.1) is 12.7 Å². The number of rotatable bonds is 5. The molecule has 1 aromatic heterocycles. The Morgan fingerprint density at radius 1 is 1.32 bits per heavy atom. The molecule has 0 aliphatic rings. The second kappa shape index (κ2) is 6.13. The minimum atomic E-state index is -0.342. The first kappa shape index (κ1) is 13.3. The Labute approximate surface area is 111 Å². The molecular formula is C14H16FN3O. The molecule has 100 valence electrons. The van der Waals surface area contributed by atoms with E-state index < -0.39 is 0 Å². The summed E-state index contributed by atoms with van der Waals surface area (Å²) in [4.78, 5) is 11.7. The first-order chi connectivity index (χ1) is 9.16. The molecule has 0 aliphatic carbocycles. The Hall–Kier alpha value is -2.17. The number of nitrogens with one attached hydrogen (secondary N) is 1. The van der Waals surface area contributed by atoms with Crippen LogP contribution in [0.4, 0.5) is 4.39 Å². The molecule has 0 spiro atoms. The molecule has 0 radical (unpaired) electrons. The van der Waals surface area contributed by atoms with Crippen LogP contribution in [0.5, 0.6) is 0 Å². The summed E-state index contributed by atoms with van der Waals surface area (Å²) in [6, 6.07) is 7.45. The van der Waals surface area contributed by atoms with Gasteiger partial charge in [-0.3, -0.25) is 9.48 Å². The fourth-order valence-electron chi connectivity index (χ4n) is 1.77. The van der Waals surface area contributed by atoms with Gasteiger partial charge in [-0.25, -0.2) is 4.39 Å². The summed E-state index contributed by atoms with van der Waals surface area (Å²) >= 11 is 0. The van der Waals surface area contributed by atoms with Gasteiger partial charge in [0.25, 0.3) is 5.91 Å². The summed E-state index contributed by atoms with van der Waals surface area (Å²) in [5, 5.41) is 6.96. The number of carbonyl (C=O) groups excluding carboxylic acids is 1. The van der Waals surface area contributed by atoms with E-state index >= 15 is 0 Å². The van der Waals surface area contributed by atoms with E-state index in [1.165, 1.54) is 24.3 Å². The molecule has 0 saturated carbocycles. The van der Waals surface area contributed by atoms with Gasteiger partial charge < -0.3 is 5.32 Å². The van der Waals surface area contributed by atoms with E-state index in [2.05, 4.69) is 10.4 Å². The van der Waals surface area contributed by atoms with Crippen LogP contribution in [-0.4, -0.2) is 22.2 Å². The lowest BCUT2D eigenvalue weighted by Crippen LogP contribution is -2.25. The molecule has 0 bridgehead atoms. The van der Waals surface area contributed by atoms with E-state index in [0.717, 1.165) is 18.7 Å². The fourth-order valence-corrected chi connectivity index (χ4v) is 1.77. The molecule has 4 nitrogen and oxygen atoms in total. The zero-order valence-corrected chi connectivity index (χ0v) is 10.8. The maximum Gasteiger partial charge on any atom is 0.251 e. The summed E-state index contributed by atoms with van der Waals surface area (Å²) in [5.74, 6) is -0.525. The lowest BCUT2D eigenvalue weighted by atomic mass is 10.2. The highest BCUT2D eigenvalue weighted by Gasteiger charge is 2.04. The second-order valence-electron chi connectivity index (χ2n) is 4.31. The predicted molar refractivity (Wildman–Crippen MR) is 70.3 cm³/mol. The van der Waals surface area contributed by atoms with Crippen molar-refractivity contribution in [2.45, 2.75) is 19.9 Å². The summed E-state index contributed by atoms with van der Waals surface area (Å²) in [5.41, 5.74) is 1.57. The summed E-state index contributed by atoms with van der Waals surface area (Å²) in [6.07, 6.45) is 2.56. The lowest BCUT2D eigenvalue weighted by Gasteiger charge is -2.06. The van der Waals surface area contributed by atoms with Crippen LogP contribution in [0.1, 0.15) is 22.5 Å². The molecule has 0 aliphatic heterocycles. The van der Waals surface area contributed by atoms with Gasteiger partial charge in [-0.15, -0.1) is 0 Å². The first-order valence-electron chi connectivity index (χ1n) is 6.19. The zero-order valence-electron chi connectivity index (χ0n) is 10.8. The van der Waals surface area contributed by atoms with Gasteiger partial charge in [-0.2, -0.15) is 5.10 Å².